The third-order valence-electron chi connectivity index (χ3n) is 6.63. The molecule has 0 fully saturated rings. The molecule has 2 aromatic carbocycles. The van der Waals surface area contributed by atoms with Gasteiger partial charge in [0.05, 0.1) is 13.2 Å². The highest BCUT2D eigenvalue weighted by Crippen LogP contribution is 2.30. The van der Waals surface area contributed by atoms with Crippen LogP contribution in [0.2, 0.25) is 0 Å². The number of hydrogen-bond donors (Lipinski definition) is 1. The lowest BCUT2D eigenvalue weighted by atomic mass is 9.97. The van der Waals surface area contributed by atoms with Crippen molar-refractivity contribution in [2.75, 3.05) is 13.2 Å². The van der Waals surface area contributed by atoms with E-state index in [1.165, 1.54) is 0 Å². The Kier molecular flexibility index (Phi) is 12.2. The number of aromatic amines is 1. The maximum absolute atomic E-state index is 13.4. The predicted octanol–water partition coefficient (Wildman–Crippen LogP) is 5.00. The van der Waals surface area contributed by atoms with Gasteiger partial charge in [-0.05, 0) is 53.5 Å². The minimum atomic E-state index is -0.819. The third kappa shape index (κ3) is 9.37. The van der Waals surface area contributed by atoms with Gasteiger partial charge in [0.1, 0.15) is 6.04 Å². The van der Waals surface area contributed by atoms with Gasteiger partial charge in [-0.15, -0.1) is 20.3 Å². The lowest BCUT2D eigenvalue weighted by Gasteiger charge is -2.33. The van der Waals surface area contributed by atoms with E-state index < -0.39 is 17.1 Å². The molecule has 0 bridgehead atoms. The van der Waals surface area contributed by atoms with Gasteiger partial charge in [0.15, 0.2) is 0 Å². The summed E-state index contributed by atoms with van der Waals surface area (Å²) in [5.74, 6) is -0.203. The van der Waals surface area contributed by atoms with Crippen molar-refractivity contribution in [3.8, 4) is 22.5 Å². The highest BCUT2D eigenvalue weighted by molar-refractivity contribution is 5.85. The number of H-pyrrole nitrogens is 1. The average molecular weight is 567 g/mol. The second-order valence-electron chi connectivity index (χ2n) is 10.1. The first-order valence-electron chi connectivity index (χ1n) is 14.0. The predicted molar refractivity (Wildman–Crippen MR) is 152 cm³/mol. The van der Waals surface area contributed by atoms with Crippen molar-refractivity contribution in [2.24, 2.45) is 5.92 Å². The summed E-state index contributed by atoms with van der Waals surface area (Å²) in [5.41, 5.74) is 3.64. The summed E-state index contributed by atoms with van der Waals surface area (Å²) in [4.78, 5) is 42.7. The molecule has 12 heteroatoms. The van der Waals surface area contributed by atoms with Crippen LogP contribution in [0.1, 0.15) is 64.9 Å². The van der Waals surface area contributed by atoms with Crippen molar-refractivity contribution in [3.05, 3.63) is 64.2 Å². The van der Waals surface area contributed by atoms with Crippen molar-refractivity contribution >= 4 is 11.9 Å². The summed E-state index contributed by atoms with van der Waals surface area (Å²) in [7, 11) is 0. The smallest absolute Gasteiger partial charge is 0.329 e. The lowest BCUT2D eigenvalue weighted by Crippen LogP contribution is -2.48. The van der Waals surface area contributed by atoms with Crippen molar-refractivity contribution in [1.29, 1.82) is 0 Å². The molecule has 3 rings (SSSR count). The van der Waals surface area contributed by atoms with E-state index in [9.17, 15) is 19.7 Å². The minimum absolute atomic E-state index is 0.0107. The van der Waals surface area contributed by atoms with E-state index in [1.54, 1.807) is 4.90 Å². The summed E-state index contributed by atoms with van der Waals surface area (Å²) >= 11 is 0. The lowest BCUT2D eigenvalue weighted by molar-refractivity contribution is -0.757. The number of carbonyl (C=O) groups is 2. The zero-order chi connectivity index (χ0) is 29.6. The van der Waals surface area contributed by atoms with Crippen LogP contribution in [0.3, 0.4) is 0 Å². The fourth-order valence-corrected chi connectivity index (χ4v) is 4.54. The van der Waals surface area contributed by atoms with Gasteiger partial charge in [-0.1, -0.05) is 75.7 Å². The standard InChI is InChI=1S/C29H38N6O6/c1-4-5-13-26(36)34(27(21(2)3)29(37)40-18-9-6-10-19-41-35(38)39)20-22-14-16-23(17-15-22)24-11-7-8-12-25(24)28-30-32-33-31-28/h7-8,11-12,14-17,21,27H,4-6,9-10,13,18-20H2,1-3H3,(H,30,31,32,33)/t27-/m0/s1. The molecule has 3 aromatic rings. The minimum Gasteiger partial charge on any atom is -0.464 e. The van der Waals surface area contributed by atoms with E-state index >= 15 is 0 Å². The summed E-state index contributed by atoms with van der Waals surface area (Å²) in [5, 5.41) is 23.8. The van der Waals surface area contributed by atoms with Crippen molar-refractivity contribution < 1.29 is 24.3 Å². The molecule has 1 aromatic heterocycles. The topological polar surface area (TPSA) is 153 Å². The Labute approximate surface area is 239 Å². The Morgan fingerprint density at radius 3 is 2.34 bits per heavy atom. The molecule has 0 saturated carbocycles. The molecule has 0 aliphatic carbocycles. The van der Waals surface area contributed by atoms with Gasteiger partial charge in [0, 0.05) is 18.5 Å². The number of unbranched alkanes of at least 4 members (excludes halogenated alkanes) is 3. The number of ether oxygens (including phenoxy) is 1. The number of amides is 1. The normalized spacial score (nSPS) is 11.7. The molecule has 1 heterocycles. The first-order valence-corrected chi connectivity index (χ1v) is 14.0. The highest BCUT2D eigenvalue weighted by atomic mass is 16.9. The van der Waals surface area contributed by atoms with Crippen LogP contribution in [-0.2, 0) is 25.7 Å². The van der Waals surface area contributed by atoms with E-state index in [1.807, 2.05) is 69.3 Å². The van der Waals surface area contributed by atoms with Gasteiger partial charge in [0.2, 0.25) is 11.7 Å². The number of aromatic nitrogens is 4. The first kappa shape index (κ1) is 31.2. The molecule has 0 radical (unpaired) electrons. The fourth-order valence-electron chi connectivity index (χ4n) is 4.54. The Morgan fingerprint density at radius 2 is 1.71 bits per heavy atom. The monoisotopic (exact) mass is 566 g/mol. The van der Waals surface area contributed by atoms with E-state index in [2.05, 4.69) is 25.5 Å². The number of carbonyl (C=O) groups excluding carboxylic acids is 2. The molecule has 220 valence electrons. The SMILES string of the molecule is CCCCC(=O)N(Cc1ccc(-c2ccccc2-c2nn[nH]n2)cc1)[C@H](C(=O)OCCCCCO[N+](=O)[O-])C(C)C. The average Bonchev–Trinajstić information content (AvgIpc) is 3.50. The first-order chi connectivity index (χ1) is 19.8. The van der Waals surface area contributed by atoms with E-state index in [-0.39, 0.29) is 31.6 Å². The van der Waals surface area contributed by atoms with Crippen molar-refractivity contribution in [3.63, 3.8) is 0 Å². The molecule has 41 heavy (non-hydrogen) atoms. The van der Waals surface area contributed by atoms with Gasteiger partial charge in [-0.3, -0.25) is 4.79 Å². The Balaban J connectivity index is 1.72. The third-order valence-corrected chi connectivity index (χ3v) is 6.63. The second kappa shape index (κ2) is 16.0. The number of nitrogens with zero attached hydrogens (tertiary/aromatic N) is 5. The van der Waals surface area contributed by atoms with Gasteiger partial charge in [-0.2, -0.15) is 5.21 Å². The highest BCUT2D eigenvalue weighted by Gasteiger charge is 2.33. The van der Waals surface area contributed by atoms with E-state index in [0.717, 1.165) is 35.1 Å². The fraction of sp³-hybridized carbons (Fsp3) is 0.483. The summed E-state index contributed by atoms with van der Waals surface area (Å²) < 4.78 is 5.56. The van der Waals surface area contributed by atoms with Crippen LogP contribution < -0.4 is 0 Å². The number of benzene rings is 2. The number of rotatable bonds is 17. The maximum atomic E-state index is 13.4. The molecule has 1 amide bonds. The van der Waals surface area contributed by atoms with Crippen LogP contribution in [0.25, 0.3) is 22.5 Å². The molecule has 0 aliphatic heterocycles. The molecule has 0 saturated heterocycles. The largest absolute Gasteiger partial charge is 0.464 e. The summed E-state index contributed by atoms with van der Waals surface area (Å²) in [6.45, 7) is 6.28. The van der Waals surface area contributed by atoms with Crippen LogP contribution in [0.4, 0.5) is 0 Å². The molecular formula is C29H38N6O6. The maximum Gasteiger partial charge on any atom is 0.329 e. The van der Waals surface area contributed by atoms with Crippen LogP contribution in [-0.4, -0.2) is 61.7 Å². The number of nitrogens with one attached hydrogen (secondary N) is 1. The Morgan fingerprint density at radius 1 is 1.00 bits per heavy atom. The molecule has 12 nitrogen and oxygen atoms in total. The van der Waals surface area contributed by atoms with Gasteiger partial charge in [-0.25, -0.2) is 4.79 Å². The van der Waals surface area contributed by atoms with E-state index in [0.29, 0.717) is 31.5 Å². The molecule has 0 spiro atoms. The zero-order valence-corrected chi connectivity index (χ0v) is 23.8. The molecule has 0 unspecified atom stereocenters. The van der Waals surface area contributed by atoms with E-state index in [4.69, 9.17) is 4.74 Å². The Bertz CT molecular complexity index is 1250. The number of tetrazole rings is 1. The van der Waals surface area contributed by atoms with Gasteiger partial charge >= 0.3 is 5.97 Å². The quantitative estimate of drug-likeness (QED) is 0.103. The van der Waals surface area contributed by atoms with Gasteiger partial charge in [0.25, 0.3) is 5.09 Å². The molecule has 0 aliphatic rings. The van der Waals surface area contributed by atoms with Crippen LogP contribution in [0.15, 0.2) is 48.5 Å². The zero-order valence-electron chi connectivity index (χ0n) is 23.8. The van der Waals surface area contributed by atoms with Gasteiger partial charge < -0.3 is 14.5 Å². The van der Waals surface area contributed by atoms with Crippen LogP contribution >= 0.6 is 0 Å². The molecule has 1 atom stereocenters. The summed E-state index contributed by atoms with van der Waals surface area (Å²) in [6, 6.07) is 14.9. The van der Waals surface area contributed by atoms with Crippen molar-refractivity contribution in [1.82, 2.24) is 25.5 Å². The molecular weight excluding hydrogens is 528 g/mol. The summed E-state index contributed by atoms with van der Waals surface area (Å²) in [6.07, 6.45) is 3.60. The molecule has 1 N–H and O–H groups in total. The van der Waals surface area contributed by atoms with Crippen LogP contribution in [0, 0.1) is 16.0 Å². The number of hydrogen-bond acceptors (Lipinski definition) is 9. The second-order valence-corrected chi connectivity index (χ2v) is 10.1. The number of esters is 1. The van der Waals surface area contributed by atoms with Crippen molar-refractivity contribution in [2.45, 2.75) is 71.9 Å². The van der Waals surface area contributed by atoms with Crippen LogP contribution in [0.5, 0.6) is 0 Å². The Hall–Kier alpha value is -4.35.